The summed E-state index contributed by atoms with van der Waals surface area (Å²) in [6.07, 6.45) is 6.18. The van der Waals surface area contributed by atoms with E-state index in [2.05, 4.69) is 27.5 Å². The number of aromatic hydroxyl groups is 1. The fraction of sp³-hybridized carbons (Fsp3) is 0.261. The van der Waals surface area contributed by atoms with Gasteiger partial charge in [0.15, 0.2) is 0 Å². The van der Waals surface area contributed by atoms with Crippen molar-refractivity contribution >= 4 is 27.6 Å². The van der Waals surface area contributed by atoms with Gasteiger partial charge in [0.25, 0.3) is 0 Å². The van der Waals surface area contributed by atoms with Gasteiger partial charge in [-0.15, -0.1) is 0 Å². The summed E-state index contributed by atoms with van der Waals surface area (Å²) in [6.45, 7) is 5.81. The summed E-state index contributed by atoms with van der Waals surface area (Å²) in [5.74, 6) is 0.178. The molecule has 1 heterocycles. The zero-order chi connectivity index (χ0) is 20.5. The van der Waals surface area contributed by atoms with Crippen LogP contribution >= 0.6 is 15.9 Å². The molecule has 0 saturated heterocycles. The highest BCUT2D eigenvalue weighted by molar-refractivity contribution is 9.10. The van der Waals surface area contributed by atoms with Crippen LogP contribution in [0.5, 0.6) is 5.75 Å². The van der Waals surface area contributed by atoms with E-state index < -0.39 is 6.10 Å². The van der Waals surface area contributed by atoms with Gasteiger partial charge >= 0.3 is 0 Å². The molecule has 3 N–H and O–H groups in total. The van der Waals surface area contributed by atoms with Crippen molar-refractivity contribution in [2.24, 2.45) is 0 Å². The third-order valence-corrected chi connectivity index (χ3v) is 5.00. The first kappa shape index (κ1) is 22.1. The summed E-state index contributed by atoms with van der Waals surface area (Å²) in [5, 5.41) is 30.1. The van der Waals surface area contributed by atoms with Gasteiger partial charge in [-0.2, -0.15) is 0 Å². The maximum absolute atomic E-state index is 10.7. The van der Waals surface area contributed by atoms with Crippen LogP contribution in [0.4, 0.5) is 0 Å². The molecule has 0 bridgehead atoms. The van der Waals surface area contributed by atoms with Gasteiger partial charge in [-0.3, -0.25) is 4.98 Å². The van der Waals surface area contributed by atoms with E-state index in [9.17, 15) is 15.3 Å². The maximum Gasteiger partial charge on any atom is 0.122 e. The average Bonchev–Trinajstić information content (AvgIpc) is 2.71. The monoisotopic (exact) mass is 443 g/mol. The summed E-state index contributed by atoms with van der Waals surface area (Å²) < 4.78 is 0.865. The zero-order valence-corrected chi connectivity index (χ0v) is 17.6. The smallest absolute Gasteiger partial charge is 0.122 e. The molecule has 5 heteroatoms. The maximum atomic E-state index is 10.7. The molecule has 4 nitrogen and oxygen atoms in total. The SMILES string of the molecule is C=C(CC)/C(=C/CO)C(O)CC/C(=C/c1cc(Br)ccc1O)c1ccccn1. The number of aliphatic hydroxyl groups excluding tert-OH is 2. The Hall–Kier alpha value is -2.21. The van der Waals surface area contributed by atoms with E-state index in [-0.39, 0.29) is 12.4 Å². The van der Waals surface area contributed by atoms with E-state index in [1.54, 1.807) is 24.4 Å². The van der Waals surface area contributed by atoms with Gasteiger partial charge in [-0.25, -0.2) is 0 Å². The lowest BCUT2D eigenvalue weighted by Crippen LogP contribution is -2.13. The fourth-order valence-electron chi connectivity index (χ4n) is 2.92. The minimum Gasteiger partial charge on any atom is -0.507 e. The van der Waals surface area contributed by atoms with Gasteiger partial charge in [0.05, 0.1) is 18.4 Å². The Morgan fingerprint density at radius 2 is 2.07 bits per heavy atom. The Kier molecular flexibility index (Phi) is 8.64. The molecular weight excluding hydrogens is 418 g/mol. The highest BCUT2D eigenvalue weighted by Crippen LogP contribution is 2.30. The van der Waals surface area contributed by atoms with Crippen LogP contribution in [-0.2, 0) is 0 Å². The molecule has 0 aliphatic rings. The number of benzene rings is 1. The van der Waals surface area contributed by atoms with Gasteiger partial charge in [0.1, 0.15) is 5.75 Å². The Labute approximate surface area is 174 Å². The van der Waals surface area contributed by atoms with Crippen molar-refractivity contribution in [2.75, 3.05) is 6.61 Å². The molecule has 148 valence electrons. The summed E-state index contributed by atoms with van der Waals surface area (Å²) in [6, 6.07) is 10.9. The van der Waals surface area contributed by atoms with Crippen molar-refractivity contribution in [3.05, 3.63) is 82.1 Å². The van der Waals surface area contributed by atoms with Crippen molar-refractivity contribution in [2.45, 2.75) is 32.3 Å². The predicted octanol–water partition coefficient (Wildman–Crippen LogP) is 5.12. The Morgan fingerprint density at radius 3 is 2.71 bits per heavy atom. The third-order valence-electron chi connectivity index (χ3n) is 4.51. The van der Waals surface area contributed by atoms with Crippen molar-refractivity contribution in [1.82, 2.24) is 4.98 Å². The van der Waals surface area contributed by atoms with Crippen LogP contribution in [0.2, 0.25) is 0 Å². The van der Waals surface area contributed by atoms with E-state index in [0.29, 0.717) is 30.4 Å². The number of hydrogen-bond acceptors (Lipinski definition) is 4. The van der Waals surface area contributed by atoms with Crippen LogP contribution in [0.1, 0.15) is 37.4 Å². The lowest BCUT2D eigenvalue weighted by Gasteiger charge is -2.18. The molecule has 0 aliphatic heterocycles. The fourth-order valence-corrected chi connectivity index (χ4v) is 3.30. The first-order valence-corrected chi connectivity index (χ1v) is 10.0. The standard InChI is InChI=1S/C23H26BrNO3/c1-3-16(2)20(11-13-26)23(28)9-7-17(21-6-4-5-12-25-21)14-18-15-19(24)8-10-22(18)27/h4-6,8,10-12,14-15,23,26-28H,2-3,7,9,13H2,1H3/b17-14-,20-11-. The van der Waals surface area contributed by atoms with Crippen LogP contribution in [0.25, 0.3) is 11.6 Å². The van der Waals surface area contributed by atoms with Crippen LogP contribution in [0.15, 0.2) is 70.9 Å². The molecule has 0 spiro atoms. The molecule has 0 radical (unpaired) electrons. The van der Waals surface area contributed by atoms with E-state index in [1.165, 1.54) is 0 Å². The number of phenols is 1. The predicted molar refractivity (Wildman–Crippen MR) is 118 cm³/mol. The molecule has 1 aromatic carbocycles. The van der Waals surface area contributed by atoms with E-state index in [4.69, 9.17) is 0 Å². The van der Waals surface area contributed by atoms with Crippen molar-refractivity contribution < 1.29 is 15.3 Å². The molecular formula is C23H26BrNO3. The highest BCUT2D eigenvalue weighted by atomic mass is 79.9. The highest BCUT2D eigenvalue weighted by Gasteiger charge is 2.15. The minimum atomic E-state index is -0.734. The topological polar surface area (TPSA) is 73.6 Å². The summed E-state index contributed by atoms with van der Waals surface area (Å²) in [4.78, 5) is 4.42. The number of pyridine rings is 1. The summed E-state index contributed by atoms with van der Waals surface area (Å²) >= 11 is 3.43. The van der Waals surface area contributed by atoms with Crippen LogP contribution < -0.4 is 0 Å². The number of nitrogens with zero attached hydrogens (tertiary/aromatic N) is 1. The lowest BCUT2D eigenvalue weighted by atomic mass is 9.93. The Bertz CT molecular complexity index is 859. The average molecular weight is 444 g/mol. The van der Waals surface area contributed by atoms with Gasteiger partial charge in [0, 0.05) is 16.2 Å². The largest absolute Gasteiger partial charge is 0.507 e. The molecule has 2 aromatic rings. The Morgan fingerprint density at radius 1 is 1.29 bits per heavy atom. The quantitative estimate of drug-likeness (QED) is 0.470. The molecule has 0 amide bonds. The first-order chi connectivity index (χ1) is 13.5. The molecule has 1 unspecified atom stereocenters. The van der Waals surface area contributed by atoms with Crippen LogP contribution in [0, 0.1) is 0 Å². The molecule has 1 atom stereocenters. The number of allylic oxidation sites excluding steroid dienone is 1. The molecule has 1 aromatic heterocycles. The lowest BCUT2D eigenvalue weighted by molar-refractivity contribution is 0.202. The molecule has 2 rings (SSSR count). The second-order valence-corrected chi connectivity index (χ2v) is 7.36. The van der Waals surface area contributed by atoms with Gasteiger partial charge < -0.3 is 15.3 Å². The number of aromatic nitrogens is 1. The zero-order valence-electron chi connectivity index (χ0n) is 16.0. The molecule has 0 fully saturated rings. The van der Waals surface area contributed by atoms with E-state index in [0.717, 1.165) is 21.3 Å². The van der Waals surface area contributed by atoms with Gasteiger partial charge in [-0.05, 0) is 72.4 Å². The van der Waals surface area contributed by atoms with E-state index in [1.807, 2.05) is 37.3 Å². The Balaban J connectivity index is 2.31. The van der Waals surface area contributed by atoms with Crippen molar-refractivity contribution in [3.8, 4) is 5.75 Å². The second kappa shape index (κ2) is 11.0. The van der Waals surface area contributed by atoms with E-state index >= 15 is 0 Å². The normalized spacial score (nSPS) is 13.4. The van der Waals surface area contributed by atoms with Crippen LogP contribution in [0.3, 0.4) is 0 Å². The number of hydrogen-bond donors (Lipinski definition) is 3. The molecule has 0 saturated carbocycles. The summed E-state index contributed by atoms with van der Waals surface area (Å²) in [5.41, 5.74) is 3.86. The second-order valence-electron chi connectivity index (χ2n) is 6.44. The molecule has 28 heavy (non-hydrogen) atoms. The third kappa shape index (κ3) is 6.16. The van der Waals surface area contributed by atoms with Crippen molar-refractivity contribution in [3.63, 3.8) is 0 Å². The van der Waals surface area contributed by atoms with Crippen molar-refractivity contribution in [1.29, 1.82) is 0 Å². The number of phenolic OH excluding ortho intramolecular Hbond substituents is 1. The minimum absolute atomic E-state index is 0.139. The number of halogens is 1. The molecule has 0 aliphatic carbocycles. The van der Waals surface area contributed by atoms with Gasteiger partial charge in [-0.1, -0.05) is 41.6 Å². The number of aliphatic hydroxyl groups is 2. The van der Waals surface area contributed by atoms with Gasteiger partial charge in [0.2, 0.25) is 0 Å². The number of rotatable bonds is 9. The summed E-state index contributed by atoms with van der Waals surface area (Å²) in [7, 11) is 0. The van der Waals surface area contributed by atoms with Crippen LogP contribution in [-0.4, -0.2) is 33.0 Å². The first-order valence-electron chi connectivity index (χ1n) is 9.23.